The Bertz CT molecular complexity index is 232. The summed E-state index contributed by atoms with van der Waals surface area (Å²) in [5.74, 6) is 3.00. The van der Waals surface area contributed by atoms with Gasteiger partial charge in [0.25, 0.3) is 0 Å². The fourth-order valence-corrected chi connectivity index (χ4v) is 4.92. The van der Waals surface area contributed by atoms with Gasteiger partial charge in [-0.2, -0.15) is 0 Å². The Labute approximate surface area is 115 Å². The summed E-state index contributed by atoms with van der Waals surface area (Å²) >= 11 is 0. The first kappa shape index (κ1) is 14.4. The molecule has 2 aliphatic rings. The van der Waals surface area contributed by atoms with Crippen LogP contribution in [0.1, 0.15) is 91.4 Å². The maximum Gasteiger partial charge on any atom is -0.0272 e. The molecule has 0 aliphatic heterocycles. The van der Waals surface area contributed by atoms with Gasteiger partial charge in [-0.25, -0.2) is 0 Å². The average Bonchev–Trinajstić information content (AvgIpc) is 2.47. The topological polar surface area (TPSA) is 0 Å². The zero-order chi connectivity index (χ0) is 13.0. The normalized spacial score (nSPS) is 28.8. The van der Waals surface area contributed by atoms with Gasteiger partial charge in [-0.05, 0) is 36.0 Å². The molecular weight excluding hydrogens is 216 g/mol. The monoisotopic (exact) mass is 250 g/mol. The lowest BCUT2D eigenvalue weighted by molar-refractivity contribution is 0.0225. The average molecular weight is 250 g/mol. The van der Waals surface area contributed by atoms with Crippen molar-refractivity contribution >= 4 is 0 Å². The number of hydrogen-bond acceptors (Lipinski definition) is 0. The van der Waals surface area contributed by atoms with E-state index in [1.807, 2.05) is 0 Å². The molecule has 0 saturated heterocycles. The quantitative estimate of drug-likeness (QED) is 0.557. The molecule has 18 heavy (non-hydrogen) atoms. The van der Waals surface area contributed by atoms with Gasteiger partial charge in [0.15, 0.2) is 0 Å². The molecule has 0 aromatic carbocycles. The first-order valence-electron chi connectivity index (χ1n) is 8.68. The summed E-state index contributed by atoms with van der Waals surface area (Å²) in [6.45, 7) is 7.67. The lowest BCUT2D eigenvalue weighted by atomic mass is 9.58. The lowest BCUT2D eigenvalue weighted by Crippen LogP contribution is -2.39. The van der Waals surface area contributed by atoms with Gasteiger partial charge in [0.1, 0.15) is 0 Å². The molecule has 0 aromatic rings. The fourth-order valence-electron chi connectivity index (χ4n) is 4.92. The molecule has 0 aromatic heterocycles. The Morgan fingerprint density at radius 3 is 1.89 bits per heavy atom. The van der Waals surface area contributed by atoms with Crippen molar-refractivity contribution in [2.75, 3.05) is 0 Å². The van der Waals surface area contributed by atoms with Gasteiger partial charge in [-0.1, -0.05) is 78.6 Å². The highest BCUT2D eigenvalue weighted by Gasteiger charge is 2.41. The number of rotatable bonds is 4. The van der Waals surface area contributed by atoms with Gasteiger partial charge in [-0.15, -0.1) is 0 Å². The highest BCUT2D eigenvalue weighted by atomic mass is 14.5. The van der Waals surface area contributed by atoms with Gasteiger partial charge in [0.05, 0.1) is 0 Å². The Morgan fingerprint density at radius 2 is 1.39 bits per heavy atom. The molecule has 2 aliphatic carbocycles. The van der Waals surface area contributed by atoms with Crippen molar-refractivity contribution in [3.63, 3.8) is 0 Å². The number of hydrogen-bond donors (Lipinski definition) is 0. The Morgan fingerprint density at radius 1 is 0.889 bits per heavy atom. The van der Waals surface area contributed by atoms with E-state index in [-0.39, 0.29) is 0 Å². The van der Waals surface area contributed by atoms with E-state index >= 15 is 0 Å². The summed E-state index contributed by atoms with van der Waals surface area (Å²) in [4.78, 5) is 0. The van der Waals surface area contributed by atoms with Crippen molar-refractivity contribution in [3.8, 4) is 0 Å². The maximum absolute atomic E-state index is 2.63. The van der Waals surface area contributed by atoms with Crippen LogP contribution in [0.25, 0.3) is 0 Å². The largest absolute Gasteiger partial charge is 0.0648 e. The van der Waals surface area contributed by atoms with Crippen molar-refractivity contribution in [1.29, 1.82) is 0 Å². The second-order valence-electron chi connectivity index (χ2n) is 7.38. The fraction of sp³-hybridized carbons (Fsp3) is 1.00. The summed E-state index contributed by atoms with van der Waals surface area (Å²) < 4.78 is 0. The first-order chi connectivity index (χ1) is 8.68. The van der Waals surface area contributed by atoms with Crippen LogP contribution in [-0.4, -0.2) is 0 Å². The minimum Gasteiger partial charge on any atom is -0.0648 e. The molecule has 2 rings (SSSR count). The van der Waals surface area contributed by atoms with Gasteiger partial charge < -0.3 is 0 Å². The molecule has 0 nitrogen and oxygen atoms in total. The van der Waals surface area contributed by atoms with Gasteiger partial charge >= 0.3 is 0 Å². The summed E-state index contributed by atoms with van der Waals surface area (Å²) in [5, 5.41) is 0. The third-order valence-electron chi connectivity index (χ3n) is 6.70. The van der Waals surface area contributed by atoms with Crippen LogP contribution < -0.4 is 0 Å². The molecule has 0 heteroatoms. The minimum absolute atomic E-state index is 0.627. The third kappa shape index (κ3) is 2.94. The molecule has 2 fully saturated rings. The summed E-state index contributed by atoms with van der Waals surface area (Å²) in [7, 11) is 0. The van der Waals surface area contributed by atoms with Crippen molar-refractivity contribution < 1.29 is 0 Å². The van der Waals surface area contributed by atoms with Crippen molar-refractivity contribution in [3.05, 3.63) is 0 Å². The molecular formula is C18H34. The molecule has 2 atom stereocenters. The van der Waals surface area contributed by atoms with E-state index in [9.17, 15) is 0 Å². The van der Waals surface area contributed by atoms with E-state index in [4.69, 9.17) is 0 Å². The Kier molecular flexibility index (Phi) is 5.15. The van der Waals surface area contributed by atoms with Crippen LogP contribution in [0.2, 0.25) is 0 Å². The Balaban J connectivity index is 2.03. The molecule has 2 unspecified atom stereocenters. The first-order valence-corrected chi connectivity index (χ1v) is 8.68. The van der Waals surface area contributed by atoms with Crippen LogP contribution in [0.5, 0.6) is 0 Å². The van der Waals surface area contributed by atoms with E-state index in [1.165, 1.54) is 70.6 Å². The van der Waals surface area contributed by atoms with Crippen LogP contribution in [0.15, 0.2) is 0 Å². The molecule has 106 valence electrons. The summed E-state index contributed by atoms with van der Waals surface area (Å²) in [6, 6.07) is 0. The van der Waals surface area contributed by atoms with Crippen molar-refractivity contribution in [1.82, 2.24) is 0 Å². The smallest absolute Gasteiger partial charge is 0.0272 e. The van der Waals surface area contributed by atoms with Crippen LogP contribution in [0, 0.1) is 23.2 Å². The van der Waals surface area contributed by atoms with Gasteiger partial charge in [0.2, 0.25) is 0 Å². The highest BCUT2D eigenvalue weighted by Crippen LogP contribution is 2.50. The van der Waals surface area contributed by atoms with Gasteiger partial charge in [0, 0.05) is 0 Å². The van der Waals surface area contributed by atoms with Crippen LogP contribution in [-0.2, 0) is 0 Å². The van der Waals surface area contributed by atoms with Crippen LogP contribution >= 0.6 is 0 Å². The second kappa shape index (κ2) is 6.44. The minimum atomic E-state index is 0.627. The maximum atomic E-state index is 2.63. The van der Waals surface area contributed by atoms with E-state index < -0.39 is 0 Å². The zero-order valence-corrected chi connectivity index (χ0v) is 13.0. The van der Waals surface area contributed by atoms with E-state index in [1.54, 1.807) is 0 Å². The molecule has 0 spiro atoms. The molecule has 0 amide bonds. The second-order valence-corrected chi connectivity index (χ2v) is 7.38. The molecule has 0 N–H and O–H groups in total. The van der Waals surface area contributed by atoms with E-state index in [0.29, 0.717) is 5.41 Å². The van der Waals surface area contributed by atoms with Crippen molar-refractivity contribution in [2.45, 2.75) is 91.4 Å². The van der Waals surface area contributed by atoms with E-state index in [2.05, 4.69) is 20.8 Å². The molecule has 0 bridgehead atoms. The summed E-state index contributed by atoms with van der Waals surface area (Å²) in [5.41, 5.74) is 0.627. The van der Waals surface area contributed by atoms with Crippen molar-refractivity contribution in [2.24, 2.45) is 23.2 Å². The highest BCUT2D eigenvalue weighted by molar-refractivity contribution is 4.91. The van der Waals surface area contributed by atoms with Crippen LogP contribution in [0.4, 0.5) is 0 Å². The van der Waals surface area contributed by atoms with Gasteiger partial charge in [-0.3, -0.25) is 0 Å². The predicted octanol–water partition coefficient (Wildman–Crippen LogP) is 6.20. The standard InChI is InChI=1S/C18H34/c1-4-18(3,17-13-9-6-10-14-17)15(2)16-11-7-5-8-12-16/h15-17H,4-14H2,1-3H3. The third-order valence-corrected chi connectivity index (χ3v) is 6.70. The summed E-state index contributed by atoms with van der Waals surface area (Å²) in [6.07, 6.45) is 16.4. The van der Waals surface area contributed by atoms with Crippen LogP contribution in [0.3, 0.4) is 0 Å². The molecule has 2 saturated carbocycles. The zero-order valence-electron chi connectivity index (χ0n) is 13.0. The predicted molar refractivity (Wildman–Crippen MR) is 80.7 cm³/mol. The molecule has 0 radical (unpaired) electrons. The molecule has 0 heterocycles. The lowest BCUT2D eigenvalue weighted by Gasteiger charge is -2.47. The van der Waals surface area contributed by atoms with E-state index in [0.717, 1.165) is 17.8 Å². The SMILES string of the molecule is CCC(C)(C1CCCCC1)C(C)C1CCCCC1. The Hall–Kier alpha value is 0.